The first-order valence-corrected chi connectivity index (χ1v) is 9.69. The molecule has 1 aromatic rings. The molecule has 27 heavy (non-hydrogen) atoms. The summed E-state index contributed by atoms with van der Waals surface area (Å²) in [5, 5.41) is 0. The van der Waals surface area contributed by atoms with Gasteiger partial charge in [-0.15, -0.1) is 0 Å². The number of anilines is 2. The van der Waals surface area contributed by atoms with Crippen molar-refractivity contribution in [2.45, 2.75) is 45.3 Å². The fourth-order valence-electron chi connectivity index (χ4n) is 3.50. The van der Waals surface area contributed by atoms with Crippen LogP contribution >= 0.6 is 0 Å². The monoisotopic (exact) mass is 377 g/mol. The Balaban J connectivity index is 1.63. The van der Waals surface area contributed by atoms with Crippen molar-refractivity contribution >= 4 is 17.7 Å². The number of hydrogen-bond donors (Lipinski definition) is 0. The highest BCUT2D eigenvalue weighted by Crippen LogP contribution is 2.28. The lowest BCUT2D eigenvalue weighted by Gasteiger charge is -2.38. The predicted octanol–water partition coefficient (Wildman–Crippen LogP) is 2.15. The van der Waals surface area contributed by atoms with Crippen LogP contribution in [0.4, 0.5) is 16.4 Å². The van der Waals surface area contributed by atoms with Crippen LogP contribution in [0.15, 0.2) is 12.4 Å². The topological polar surface area (TPSA) is 71.0 Å². The molecule has 0 spiro atoms. The number of amides is 1. The molecule has 8 nitrogen and oxygen atoms in total. The Morgan fingerprint density at radius 3 is 1.96 bits per heavy atom. The summed E-state index contributed by atoms with van der Waals surface area (Å²) in [6.45, 7) is 10.2. The molecule has 0 radical (unpaired) electrons. The van der Waals surface area contributed by atoms with Gasteiger partial charge in [-0.1, -0.05) is 0 Å². The maximum atomic E-state index is 12.3. The minimum absolute atomic E-state index is 0.247. The summed E-state index contributed by atoms with van der Waals surface area (Å²) in [6, 6.07) is 0. The molecule has 0 unspecified atom stereocenters. The van der Waals surface area contributed by atoms with E-state index in [4.69, 9.17) is 9.47 Å². The molecule has 8 heteroatoms. The molecule has 1 amide bonds. The van der Waals surface area contributed by atoms with Gasteiger partial charge in [-0.05, 0) is 33.6 Å². The summed E-state index contributed by atoms with van der Waals surface area (Å²) < 4.78 is 10.9. The lowest BCUT2D eigenvalue weighted by Crippen LogP contribution is -2.50. The van der Waals surface area contributed by atoms with Gasteiger partial charge in [-0.3, -0.25) is 0 Å². The second kappa shape index (κ2) is 8.29. The number of ether oxygens (including phenoxy) is 2. The van der Waals surface area contributed by atoms with Crippen LogP contribution in [0.25, 0.3) is 0 Å². The average Bonchev–Trinajstić information content (AvgIpc) is 2.67. The molecule has 3 rings (SSSR count). The molecule has 0 atom stereocenters. The first-order valence-electron chi connectivity index (χ1n) is 9.69. The lowest BCUT2D eigenvalue weighted by atomic mass is 10.1. The molecular formula is C19H31N5O3. The van der Waals surface area contributed by atoms with Crippen molar-refractivity contribution in [3.05, 3.63) is 12.4 Å². The SMILES string of the molecule is COC1CCN(c2nccnc2N2CCN(C(=O)OC(C)(C)C)CC2)CC1. The normalized spacial score (nSPS) is 19.3. The maximum Gasteiger partial charge on any atom is 0.410 e. The zero-order valence-corrected chi connectivity index (χ0v) is 16.8. The Kier molecular flexibility index (Phi) is 6.04. The number of nitrogens with zero attached hydrogens (tertiary/aromatic N) is 5. The maximum absolute atomic E-state index is 12.3. The van der Waals surface area contributed by atoms with Crippen LogP contribution in [0.1, 0.15) is 33.6 Å². The molecule has 0 aromatic carbocycles. The number of methoxy groups -OCH3 is 1. The largest absolute Gasteiger partial charge is 0.444 e. The lowest BCUT2D eigenvalue weighted by molar-refractivity contribution is 0.0240. The first-order chi connectivity index (χ1) is 12.9. The third-order valence-corrected chi connectivity index (χ3v) is 4.97. The molecule has 150 valence electrons. The van der Waals surface area contributed by atoms with Gasteiger partial charge >= 0.3 is 6.09 Å². The van der Waals surface area contributed by atoms with Crippen LogP contribution < -0.4 is 9.80 Å². The van der Waals surface area contributed by atoms with Crippen molar-refractivity contribution in [3.8, 4) is 0 Å². The Morgan fingerprint density at radius 2 is 1.48 bits per heavy atom. The summed E-state index contributed by atoms with van der Waals surface area (Å²) in [7, 11) is 1.78. The number of aromatic nitrogens is 2. The second-order valence-corrected chi connectivity index (χ2v) is 8.08. The molecule has 1 aromatic heterocycles. The smallest absolute Gasteiger partial charge is 0.410 e. The Hall–Kier alpha value is -2.09. The summed E-state index contributed by atoms with van der Waals surface area (Å²) in [5.74, 6) is 1.83. The van der Waals surface area contributed by atoms with Crippen LogP contribution in [0.3, 0.4) is 0 Å². The number of piperazine rings is 1. The van der Waals surface area contributed by atoms with Gasteiger partial charge in [0.05, 0.1) is 6.10 Å². The van der Waals surface area contributed by atoms with E-state index in [-0.39, 0.29) is 6.09 Å². The number of rotatable bonds is 3. The van der Waals surface area contributed by atoms with Crippen molar-refractivity contribution in [1.82, 2.24) is 14.9 Å². The standard InChI is InChI=1S/C19H31N5O3/c1-19(2,3)27-18(25)24-13-11-23(12-14-24)17-16(20-7-8-21-17)22-9-5-15(26-4)6-10-22/h7-8,15H,5-6,9-14H2,1-4H3. The van der Waals surface area contributed by atoms with Crippen molar-refractivity contribution < 1.29 is 14.3 Å². The molecule has 3 heterocycles. The van der Waals surface area contributed by atoms with E-state index in [0.29, 0.717) is 19.2 Å². The van der Waals surface area contributed by atoms with Gasteiger partial charge < -0.3 is 24.2 Å². The van der Waals surface area contributed by atoms with E-state index in [0.717, 1.165) is 50.7 Å². The minimum Gasteiger partial charge on any atom is -0.444 e. The quantitative estimate of drug-likeness (QED) is 0.799. The third kappa shape index (κ3) is 5.00. The van der Waals surface area contributed by atoms with E-state index < -0.39 is 5.60 Å². The summed E-state index contributed by atoms with van der Waals surface area (Å²) in [5.41, 5.74) is -0.472. The highest BCUT2D eigenvalue weighted by Gasteiger charge is 2.29. The fourth-order valence-corrected chi connectivity index (χ4v) is 3.50. The molecule has 2 aliphatic heterocycles. The summed E-state index contributed by atoms with van der Waals surface area (Å²) in [6.07, 6.45) is 5.57. The molecule has 2 aliphatic rings. The molecular weight excluding hydrogens is 346 g/mol. The Labute approximate surface area is 161 Å². The molecule has 2 saturated heterocycles. The van der Waals surface area contributed by atoms with E-state index in [1.54, 1.807) is 24.4 Å². The number of carbonyl (C=O) groups is 1. The summed E-state index contributed by atoms with van der Waals surface area (Å²) >= 11 is 0. The van der Waals surface area contributed by atoms with E-state index in [2.05, 4.69) is 19.8 Å². The first kappa shape index (κ1) is 19.7. The van der Waals surface area contributed by atoms with Gasteiger partial charge in [-0.2, -0.15) is 0 Å². The summed E-state index contributed by atoms with van der Waals surface area (Å²) in [4.78, 5) is 27.7. The van der Waals surface area contributed by atoms with E-state index >= 15 is 0 Å². The van der Waals surface area contributed by atoms with Gasteiger partial charge in [0.15, 0.2) is 11.6 Å². The van der Waals surface area contributed by atoms with E-state index in [9.17, 15) is 4.79 Å². The van der Waals surface area contributed by atoms with E-state index in [1.165, 1.54) is 0 Å². The molecule has 2 fully saturated rings. The van der Waals surface area contributed by atoms with Crippen LogP contribution in [0.5, 0.6) is 0 Å². The van der Waals surface area contributed by atoms with E-state index in [1.807, 2.05) is 20.8 Å². The van der Waals surface area contributed by atoms with Crippen LogP contribution in [0, 0.1) is 0 Å². The van der Waals surface area contributed by atoms with Crippen molar-refractivity contribution in [1.29, 1.82) is 0 Å². The van der Waals surface area contributed by atoms with Crippen molar-refractivity contribution in [3.63, 3.8) is 0 Å². The van der Waals surface area contributed by atoms with Gasteiger partial charge in [0.25, 0.3) is 0 Å². The highest BCUT2D eigenvalue weighted by atomic mass is 16.6. The molecule has 0 bridgehead atoms. The molecule has 0 N–H and O–H groups in total. The Bertz CT molecular complexity index is 632. The highest BCUT2D eigenvalue weighted by molar-refractivity contribution is 5.69. The Morgan fingerprint density at radius 1 is 0.963 bits per heavy atom. The zero-order chi connectivity index (χ0) is 19.4. The third-order valence-electron chi connectivity index (χ3n) is 4.97. The second-order valence-electron chi connectivity index (χ2n) is 8.08. The van der Waals surface area contributed by atoms with Crippen molar-refractivity contribution in [2.75, 3.05) is 56.2 Å². The van der Waals surface area contributed by atoms with Gasteiger partial charge in [0, 0.05) is 58.8 Å². The average molecular weight is 377 g/mol. The van der Waals surface area contributed by atoms with Crippen LogP contribution in [0.2, 0.25) is 0 Å². The minimum atomic E-state index is -0.472. The van der Waals surface area contributed by atoms with Gasteiger partial charge in [-0.25, -0.2) is 14.8 Å². The fraction of sp³-hybridized carbons (Fsp3) is 0.737. The predicted molar refractivity (Wildman–Crippen MR) is 104 cm³/mol. The number of hydrogen-bond acceptors (Lipinski definition) is 7. The zero-order valence-electron chi connectivity index (χ0n) is 16.8. The van der Waals surface area contributed by atoms with Crippen LogP contribution in [-0.4, -0.2) is 79.0 Å². The number of piperidine rings is 1. The molecule has 0 aliphatic carbocycles. The van der Waals surface area contributed by atoms with Crippen LogP contribution in [-0.2, 0) is 9.47 Å². The van der Waals surface area contributed by atoms with Crippen molar-refractivity contribution in [2.24, 2.45) is 0 Å². The molecule has 0 saturated carbocycles. The number of carbonyl (C=O) groups excluding carboxylic acids is 1. The van der Waals surface area contributed by atoms with Gasteiger partial charge in [0.2, 0.25) is 0 Å². The van der Waals surface area contributed by atoms with Gasteiger partial charge in [0.1, 0.15) is 5.60 Å².